The van der Waals surface area contributed by atoms with Crippen LogP contribution >= 0.6 is 0 Å². The highest BCUT2D eigenvalue weighted by Gasteiger charge is 2.31. The van der Waals surface area contributed by atoms with Gasteiger partial charge in [-0.05, 0) is 44.4 Å². The molecule has 0 aromatic heterocycles. The molecule has 7 heteroatoms. The molecule has 1 aliphatic rings. The highest BCUT2D eigenvalue weighted by atomic mass is 19.4. The maximum atomic E-state index is 12.7. The summed E-state index contributed by atoms with van der Waals surface area (Å²) >= 11 is 0. The molecule has 0 radical (unpaired) electrons. The first-order valence-corrected chi connectivity index (χ1v) is 8.67. The van der Waals surface area contributed by atoms with Crippen molar-refractivity contribution in [3.05, 3.63) is 35.4 Å². The summed E-state index contributed by atoms with van der Waals surface area (Å²) in [5.74, 6) is 0.594. The van der Waals surface area contributed by atoms with E-state index in [0.29, 0.717) is 30.2 Å². The number of benzene rings is 1. The molecule has 0 amide bonds. The Morgan fingerprint density at radius 3 is 2.56 bits per heavy atom. The van der Waals surface area contributed by atoms with Crippen molar-refractivity contribution in [2.75, 3.05) is 20.1 Å². The molecule has 0 spiro atoms. The SMILES string of the molecule is CN=C(NCCN(C(C)C)C1CC1)NCc1cccc(C(F)(F)F)c1. The first kappa shape index (κ1) is 19.6. The summed E-state index contributed by atoms with van der Waals surface area (Å²) in [5, 5.41) is 6.29. The van der Waals surface area contributed by atoms with Crippen LogP contribution < -0.4 is 10.6 Å². The third kappa shape index (κ3) is 6.23. The maximum absolute atomic E-state index is 12.7. The molecular formula is C18H27F3N4. The van der Waals surface area contributed by atoms with Gasteiger partial charge in [0.15, 0.2) is 5.96 Å². The third-order valence-corrected chi connectivity index (χ3v) is 4.28. The second-order valence-electron chi connectivity index (χ2n) is 6.61. The van der Waals surface area contributed by atoms with Crippen molar-refractivity contribution in [3.63, 3.8) is 0 Å². The lowest BCUT2D eigenvalue weighted by molar-refractivity contribution is -0.137. The Bertz CT molecular complexity index is 578. The summed E-state index contributed by atoms with van der Waals surface area (Å²) in [7, 11) is 1.66. The molecule has 0 atom stereocenters. The van der Waals surface area contributed by atoms with Gasteiger partial charge in [0.1, 0.15) is 0 Å². The summed E-state index contributed by atoms with van der Waals surface area (Å²) in [6, 6.07) is 6.54. The molecular weight excluding hydrogens is 329 g/mol. The number of nitrogens with zero attached hydrogens (tertiary/aromatic N) is 2. The summed E-state index contributed by atoms with van der Waals surface area (Å²) < 4.78 is 38.2. The summed E-state index contributed by atoms with van der Waals surface area (Å²) in [6.07, 6.45) is -1.79. The van der Waals surface area contributed by atoms with E-state index in [1.807, 2.05) is 0 Å². The van der Waals surface area contributed by atoms with E-state index in [1.165, 1.54) is 18.9 Å². The lowest BCUT2D eigenvalue weighted by Crippen LogP contribution is -2.43. The molecule has 1 aromatic carbocycles. The predicted molar refractivity (Wildman–Crippen MR) is 94.5 cm³/mol. The van der Waals surface area contributed by atoms with Crippen LogP contribution in [0.5, 0.6) is 0 Å². The van der Waals surface area contributed by atoms with Crippen molar-refractivity contribution in [3.8, 4) is 0 Å². The fraction of sp³-hybridized carbons (Fsp3) is 0.611. The largest absolute Gasteiger partial charge is 0.416 e. The van der Waals surface area contributed by atoms with Crippen LogP contribution in [-0.2, 0) is 12.7 Å². The standard InChI is InChI=1S/C18H27F3N4/c1-13(2)25(16-7-8-16)10-9-23-17(22-3)24-12-14-5-4-6-15(11-14)18(19,20)21/h4-6,11,13,16H,7-10,12H2,1-3H3,(H2,22,23,24). The molecule has 25 heavy (non-hydrogen) atoms. The number of hydrogen-bond acceptors (Lipinski definition) is 2. The Morgan fingerprint density at radius 2 is 2.00 bits per heavy atom. The number of nitrogens with one attached hydrogen (secondary N) is 2. The van der Waals surface area contributed by atoms with Gasteiger partial charge < -0.3 is 10.6 Å². The van der Waals surface area contributed by atoms with Crippen molar-refractivity contribution < 1.29 is 13.2 Å². The molecule has 0 aliphatic heterocycles. The Labute approximate surface area is 147 Å². The van der Waals surface area contributed by atoms with Crippen LogP contribution in [0.15, 0.2) is 29.3 Å². The molecule has 2 N–H and O–H groups in total. The van der Waals surface area contributed by atoms with Crippen molar-refractivity contribution in [2.45, 2.75) is 51.5 Å². The zero-order valence-electron chi connectivity index (χ0n) is 15.0. The van der Waals surface area contributed by atoms with Crippen LogP contribution in [0, 0.1) is 0 Å². The average Bonchev–Trinajstić information content (AvgIpc) is 3.38. The van der Waals surface area contributed by atoms with Crippen LogP contribution in [0.1, 0.15) is 37.8 Å². The van der Waals surface area contributed by atoms with Gasteiger partial charge in [-0.3, -0.25) is 9.89 Å². The van der Waals surface area contributed by atoms with E-state index in [4.69, 9.17) is 0 Å². The maximum Gasteiger partial charge on any atom is 0.416 e. The second kappa shape index (κ2) is 8.56. The van der Waals surface area contributed by atoms with E-state index in [-0.39, 0.29) is 0 Å². The average molecular weight is 356 g/mol. The Kier molecular flexibility index (Phi) is 6.70. The molecule has 1 aliphatic carbocycles. The van der Waals surface area contributed by atoms with Gasteiger partial charge in [0.25, 0.3) is 0 Å². The molecule has 1 aromatic rings. The predicted octanol–water partition coefficient (Wildman–Crippen LogP) is 3.24. The molecule has 0 bridgehead atoms. The summed E-state index contributed by atoms with van der Waals surface area (Å²) in [5.41, 5.74) is -0.0636. The minimum Gasteiger partial charge on any atom is -0.355 e. The van der Waals surface area contributed by atoms with E-state index in [9.17, 15) is 13.2 Å². The van der Waals surface area contributed by atoms with Crippen LogP contribution in [-0.4, -0.2) is 43.1 Å². The first-order chi connectivity index (χ1) is 11.8. The topological polar surface area (TPSA) is 39.7 Å². The lowest BCUT2D eigenvalue weighted by atomic mass is 10.1. The van der Waals surface area contributed by atoms with E-state index in [2.05, 4.69) is 34.4 Å². The zero-order valence-corrected chi connectivity index (χ0v) is 15.0. The van der Waals surface area contributed by atoms with Gasteiger partial charge in [0, 0.05) is 38.8 Å². The van der Waals surface area contributed by atoms with Crippen LogP contribution in [0.3, 0.4) is 0 Å². The van der Waals surface area contributed by atoms with Crippen LogP contribution in [0.4, 0.5) is 13.2 Å². The first-order valence-electron chi connectivity index (χ1n) is 8.67. The van der Waals surface area contributed by atoms with Gasteiger partial charge in [-0.25, -0.2) is 0 Å². The van der Waals surface area contributed by atoms with Gasteiger partial charge in [0.05, 0.1) is 5.56 Å². The number of alkyl halides is 3. The van der Waals surface area contributed by atoms with E-state index >= 15 is 0 Å². The molecule has 0 saturated heterocycles. The molecule has 140 valence electrons. The molecule has 0 unspecified atom stereocenters. The Morgan fingerprint density at radius 1 is 1.28 bits per heavy atom. The fourth-order valence-electron chi connectivity index (χ4n) is 2.84. The molecule has 4 nitrogen and oxygen atoms in total. The number of hydrogen-bond donors (Lipinski definition) is 2. The Hall–Kier alpha value is -1.76. The molecule has 1 saturated carbocycles. The van der Waals surface area contributed by atoms with Gasteiger partial charge in [-0.2, -0.15) is 13.2 Å². The van der Waals surface area contributed by atoms with Crippen molar-refractivity contribution in [2.24, 2.45) is 4.99 Å². The fourth-order valence-corrected chi connectivity index (χ4v) is 2.84. The quantitative estimate of drug-likeness (QED) is 0.582. The van der Waals surface area contributed by atoms with E-state index in [0.717, 1.165) is 25.2 Å². The normalized spacial score (nSPS) is 15.8. The van der Waals surface area contributed by atoms with Crippen molar-refractivity contribution >= 4 is 5.96 Å². The van der Waals surface area contributed by atoms with E-state index in [1.54, 1.807) is 13.1 Å². The molecule has 0 heterocycles. The Balaban J connectivity index is 1.80. The van der Waals surface area contributed by atoms with Crippen molar-refractivity contribution in [1.29, 1.82) is 0 Å². The van der Waals surface area contributed by atoms with E-state index < -0.39 is 11.7 Å². The van der Waals surface area contributed by atoms with Crippen molar-refractivity contribution in [1.82, 2.24) is 15.5 Å². The number of rotatable bonds is 7. The van der Waals surface area contributed by atoms with Crippen LogP contribution in [0.25, 0.3) is 0 Å². The minimum atomic E-state index is -4.32. The molecule has 2 rings (SSSR count). The van der Waals surface area contributed by atoms with Crippen LogP contribution in [0.2, 0.25) is 0 Å². The zero-order chi connectivity index (χ0) is 18.4. The van der Waals surface area contributed by atoms with Gasteiger partial charge in [0.2, 0.25) is 0 Å². The monoisotopic (exact) mass is 356 g/mol. The second-order valence-corrected chi connectivity index (χ2v) is 6.61. The highest BCUT2D eigenvalue weighted by molar-refractivity contribution is 5.79. The summed E-state index contributed by atoms with van der Waals surface area (Å²) in [4.78, 5) is 6.60. The molecule has 1 fully saturated rings. The van der Waals surface area contributed by atoms with Gasteiger partial charge >= 0.3 is 6.18 Å². The number of halogens is 3. The number of aliphatic imine (C=N–C) groups is 1. The summed E-state index contributed by atoms with van der Waals surface area (Å²) in [6.45, 7) is 6.35. The smallest absolute Gasteiger partial charge is 0.355 e. The minimum absolute atomic E-state index is 0.292. The highest BCUT2D eigenvalue weighted by Crippen LogP contribution is 2.29. The van der Waals surface area contributed by atoms with Gasteiger partial charge in [-0.15, -0.1) is 0 Å². The number of guanidine groups is 1. The lowest BCUT2D eigenvalue weighted by Gasteiger charge is -2.26. The van der Waals surface area contributed by atoms with Gasteiger partial charge in [-0.1, -0.05) is 12.1 Å². The third-order valence-electron chi connectivity index (χ3n) is 4.28.